The van der Waals surface area contributed by atoms with Crippen LogP contribution in [0.25, 0.3) is 0 Å². The van der Waals surface area contributed by atoms with Crippen LogP contribution in [0, 0.1) is 6.92 Å². The summed E-state index contributed by atoms with van der Waals surface area (Å²) in [7, 11) is 1.94. The molecule has 1 heterocycles. The van der Waals surface area contributed by atoms with Gasteiger partial charge in [-0.2, -0.15) is 0 Å². The third-order valence-electron chi connectivity index (χ3n) is 3.24. The van der Waals surface area contributed by atoms with Gasteiger partial charge in [-0.1, -0.05) is 36.4 Å². The second kappa shape index (κ2) is 7.65. The molecular formula is C17H22N2O. The fourth-order valence-corrected chi connectivity index (χ4v) is 2.12. The molecule has 0 amide bonds. The summed E-state index contributed by atoms with van der Waals surface area (Å²) in [6.07, 6.45) is 2.04. The monoisotopic (exact) mass is 270 g/mol. The summed E-state index contributed by atoms with van der Waals surface area (Å²) >= 11 is 0. The van der Waals surface area contributed by atoms with Crippen LogP contribution in [0.3, 0.4) is 0 Å². The molecule has 0 unspecified atom stereocenters. The van der Waals surface area contributed by atoms with Gasteiger partial charge in [-0.05, 0) is 37.9 Å². The van der Waals surface area contributed by atoms with Crippen molar-refractivity contribution in [1.29, 1.82) is 0 Å². The number of rotatable bonds is 7. The smallest absolute Gasteiger partial charge is 0.213 e. The van der Waals surface area contributed by atoms with E-state index in [0.29, 0.717) is 6.61 Å². The van der Waals surface area contributed by atoms with Gasteiger partial charge >= 0.3 is 0 Å². The molecule has 1 N–H and O–H groups in total. The van der Waals surface area contributed by atoms with Gasteiger partial charge in [0.05, 0.1) is 6.61 Å². The van der Waals surface area contributed by atoms with E-state index in [2.05, 4.69) is 40.6 Å². The van der Waals surface area contributed by atoms with Crippen molar-refractivity contribution < 1.29 is 4.74 Å². The quantitative estimate of drug-likeness (QED) is 0.785. The maximum atomic E-state index is 5.71. The Morgan fingerprint density at radius 2 is 1.90 bits per heavy atom. The Labute approximate surface area is 121 Å². The van der Waals surface area contributed by atoms with Gasteiger partial charge in [0, 0.05) is 18.3 Å². The van der Waals surface area contributed by atoms with E-state index >= 15 is 0 Å². The Hall–Kier alpha value is -1.87. The number of hydrogen-bond acceptors (Lipinski definition) is 3. The average molecular weight is 270 g/mol. The van der Waals surface area contributed by atoms with Crippen molar-refractivity contribution in [2.24, 2.45) is 0 Å². The van der Waals surface area contributed by atoms with E-state index in [1.54, 1.807) is 0 Å². The number of pyridine rings is 1. The molecule has 1 aromatic carbocycles. The summed E-state index contributed by atoms with van der Waals surface area (Å²) in [5.41, 5.74) is 3.59. The molecule has 1 aromatic heterocycles. The minimum Gasteiger partial charge on any atom is -0.478 e. The number of benzene rings is 1. The topological polar surface area (TPSA) is 34.1 Å². The van der Waals surface area contributed by atoms with Crippen LogP contribution in [0.5, 0.6) is 5.88 Å². The molecule has 0 aliphatic rings. The molecule has 3 nitrogen and oxygen atoms in total. The van der Waals surface area contributed by atoms with Gasteiger partial charge in [0.15, 0.2) is 0 Å². The fourth-order valence-electron chi connectivity index (χ4n) is 2.12. The van der Waals surface area contributed by atoms with Gasteiger partial charge in [0.2, 0.25) is 5.88 Å². The molecule has 0 aliphatic carbocycles. The molecule has 3 heteroatoms. The Kier molecular flexibility index (Phi) is 5.56. The van der Waals surface area contributed by atoms with E-state index in [9.17, 15) is 0 Å². The van der Waals surface area contributed by atoms with Crippen molar-refractivity contribution in [3.63, 3.8) is 0 Å². The highest BCUT2D eigenvalue weighted by molar-refractivity contribution is 5.24. The minimum atomic E-state index is 0.701. The first-order valence-electron chi connectivity index (χ1n) is 7.07. The lowest BCUT2D eigenvalue weighted by atomic mass is 10.1. The molecule has 0 saturated heterocycles. The van der Waals surface area contributed by atoms with Crippen molar-refractivity contribution in [3.8, 4) is 5.88 Å². The van der Waals surface area contributed by atoms with E-state index in [0.717, 1.165) is 31.0 Å². The Morgan fingerprint density at radius 3 is 2.60 bits per heavy atom. The van der Waals surface area contributed by atoms with Gasteiger partial charge in [0.25, 0.3) is 0 Å². The van der Waals surface area contributed by atoms with Gasteiger partial charge in [-0.15, -0.1) is 0 Å². The predicted molar refractivity (Wildman–Crippen MR) is 82.0 cm³/mol. The lowest BCUT2D eigenvalue weighted by Gasteiger charge is -2.09. The summed E-state index contributed by atoms with van der Waals surface area (Å²) in [5.74, 6) is 0.718. The molecule has 0 atom stereocenters. The summed E-state index contributed by atoms with van der Waals surface area (Å²) in [5, 5.41) is 3.13. The van der Waals surface area contributed by atoms with E-state index < -0.39 is 0 Å². The average Bonchev–Trinajstić information content (AvgIpc) is 2.48. The van der Waals surface area contributed by atoms with Crippen LogP contribution in [0.15, 0.2) is 42.5 Å². The lowest BCUT2D eigenvalue weighted by molar-refractivity contribution is 0.298. The SMILES string of the molecule is CNCc1ccc(OCCCc2ccccc2)nc1C. The van der Waals surface area contributed by atoms with E-state index in [1.165, 1.54) is 11.1 Å². The molecule has 0 radical (unpaired) electrons. The molecule has 0 fully saturated rings. The maximum absolute atomic E-state index is 5.71. The molecule has 2 rings (SSSR count). The zero-order valence-electron chi connectivity index (χ0n) is 12.2. The first-order chi connectivity index (χ1) is 9.79. The number of hydrogen-bond donors (Lipinski definition) is 1. The van der Waals surface area contributed by atoms with Gasteiger partial charge in [-0.3, -0.25) is 0 Å². The third kappa shape index (κ3) is 4.35. The molecule has 20 heavy (non-hydrogen) atoms. The standard InChI is InChI=1S/C17H22N2O/c1-14-16(13-18-2)10-11-17(19-14)20-12-6-9-15-7-4-3-5-8-15/h3-5,7-8,10-11,18H,6,9,12-13H2,1-2H3. The number of aromatic nitrogens is 1. The second-order valence-electron chi connectivity index (χ2n) is 4.86. The lowest BCUT2D eigenvalue weighted by Crippen LogP contribution is -2.08. The number of nitrogens with zero attached hydrogens (tertiary/aromatic N) is 1. The molecule has 0 aliphatic heterocycles. The largest absolute Gasteiger partial charge is 0.478 e. The molecule has 0 bridgehead atoms. The maximum Gasteiger partial charge on any atom is 0.213 e. The van der Waals surface area contributed by atoms with Crippen molar-refractivity contribution >= 4 is 0 Å². The summed E-state index contributed by atoms with van der Waals surface area (Å²) in [4.78, 5) is 4.47. The van der Waals surface area contributed by atoms with Gasteiger partial charge in [-0.25, -0.2) is 4.98 Å². The Balaban J connectivity index is 1.78. The van der Waals surface area contributed by atoms with Crippen LogP contribution >= 0.6 is 0 Å². The van der Waals surface area contributed by atoms with E-state index in [-0.39, 0.29) is 0 Å². The summed E-state index contributed by atoms with van der Waals surface area (Å²) in [6.45, 7) is 3.56. The Bertz CT molecular complexity index is 526. The number of aryl methyl sites for hydroxylation is 2. The second-order valence-corrected chi connectivity index (χ2v) is 4.86. The minimum absolute atomic E-state index is 0.701. The van der Waals surface area contributed by atoms with Crippen molar-refractivity contribution in [3.05, 3.63) is 59.3 Å². The summed E-state index contributed by atoms with van der Waals surface area (Å²) in [6, 6.07) is 14.5. The van der Waals surface area contributed by atoms with Crippen molar-refractivity contribution in [1.82, 2.24) is 10.3 Å². The number of nitrogens with one attached hydrogen (secondary N) is 1. The van der Waals surface area contributed by atoms with Crippen molar-refractivity contribution in [2.45, 2.75) is 26.3 Å². The zero-order valence-corrected chi connectivity index (χ0v) is 12.2. The zero-order chi connectivity index (χ0) is 14.2. The molecule has 106 valence electrons. The first kappa shape index (κ1) is 14.5. The Morgan fingerprint density at radius 1 is 1.10 bits per heavy atom. The van der Waals surface area contributed by atoms with Crippen molar-refractivity contribution in [2.75, 3.05) is 13.7 Å². The van der Waals surface area contributed by atoms with Crippen LogP contribution in [-0.2, 0) is 13.0 Å². The van der Waals surface area contributed by atoms with E-state index in [4.69, 9.17) is 4.74 Å². The highest BCUT2D eigenvalue weighted by Gasteiger charge is 2.02. The van der Waals surface area contributed by atoms with Crippen LogP contribution < -0.4 is 10.1 Å². The molecule has 2 aromatic rings. The molecule has 0 spiro atoms. The van der Waals surface area contributed by atoms with Crippen LogP contribution in [0.1, 0.15) is 23.2 Å². The number of ether oxygens (including phenoxy) is 1. The van der Waals surface area contributed by atoms with E-state index in [1.807, 2.05) is 26.1 Å². The van der Waals surface area contributed by atoms with Crippen LogP contribution in [0.4, 0.5) is 0 Å². The third-order valence-corrected chi connectivity index (χ3v) is 3.24. The molecule has 0 saturated carbocycles. The van der Waals surface area contributed by atoms with Crippen LogP contribution in [0.2, 0.25) is 0 Å². The predicted octanol–water partition coefficient (Wildman–Crippen LogP) is 3.12. The highest BCUT2D eigenvalue weighted by atomic mass is 16.5. The van der Waals surface area contributed by atoms with Crippen LogP contribution in [-0.4, -0.2) is 18.6 Å². The fraction of sp³-hybridized carbons (Fsp3) is 0.353. The molecular weight excluding hydrogens is 248 g/mol. The van der Waals surface area contributed by atoms with Gasteiger partial charge in [0.1, 0.15) is 0 Å². The normalized spacial score (nSPS) is 10.5. The first-order valence-corrected chi connectivity index (χ1v) is 7.07. The summed E-state index contributed by atoms with van der Waals surface area (Å²) < 4.78 is 5.71. The highest BCUT2D eigenvalue weighted by Crippen LogP contribution is 2.13. The van der Waals surface area contributed by atoms with Gasteiger partial charge < -0.3 is 10.1 Å².